The lowest BCUT2D eigenvalue weighted by atomic mass is 10.1. The molecule has 0 saturated carbocycles. The minimum atomic E-state index is -0.195. The smallest absolute Gasteiger partial charge is 0.253 e. The molecule has 0 radical (unpaired) electrons. The molecule has 0 aliphatic heterocycles. The number of nitrogens with one attached hydrogen (secondary N) is 2. The van der Waals surface area contributed by atoms with Crippen molar-refractivity contribution in [2.24, 2.45) is 0 Å². The lowest BCUT2D eigenvalue weighted by Gasteiger charge is -2.18. The summed E-state index contributed by atoms with van der Waals surface area (Å²) in [5.74, 6) is 0.497. The topological polar surface area (TPSA) is 70.7 Å². The molecule has 0 saturated heterocycles. The van der Waals surface area contributed by atoms with Crippen LogP contribution in [0.1, 0.15) is 54.9 Å². The highest BCUT2D eigenvalue weighted by atomic mass is 16.5. The molecule has 0 spiro atoms. The predicted molar refractivity (Wildman–Crippen MR) is 146 cm³/mol. The van der Waals surface area contributed by atoms with Gasteiger partial charge in [-0.15, -0.1) is 0 Å². The van der Waals surface area contributed by atoms with Crippen LogP contribution in [0.3, 0.4) is 0 Å². The molecular formula is C30H37N3O3. The molecule has 3 aromatic carbocycles. The number of nitrogens with zero attached hydrogens (tertiary/aromatic N) is 1. The third-order valence-corrected chi connectivity index (χ3v) is 5.81. The molecule has 36 heavy (non-hydrogen) atoms. The van der Waals surface area contributed by atoms with Gasteiger partial charge in [0.1, 0.15) is 5.75 Å². The molecule has 0 aliphatic rings. The van der Waals surface area contributed by atoms with Gasteiger partial charge in [0.05, 0.1) is 13.2 Å². The molecule has 0 fully saturated rings. The van der Waals surface area contributed by atoms with Gasteiger partial charge in [0.2, 0.25) is 5.91 Å². The lowest BCUT2D eigenvalue weighted by Crippen LogP contribution is -2.26. The van der Waals surface area contributed by atoms with Crippen LogP contribution in [0.4, 0.5) is 11.4 Å². The molecule has 0 atom stereocenters. The lowest BCUT2D eigenvalue weighted by molar-refractivity contribution is -0.114. The maximum absolute atomic E-state index is 12.9. The Morgan fingerprint density at radius 3 is 2.39 bits per heavy atom. The molecule has 190 valence electrons. The molecule has 0 heterocycles. The van der Waals surface area contributed by atoms with Crippen LogP contribution in [0, 0.1) is 0 Å². The number of anilines is 2. The number of hydrogen-bond acceptors (Lipinski definition) is 4. The molecule has 3 aromatic rings. The van der Waals surface area contributed by atoms with Crippen LogP contribution >= 0.6 is 0 Å². The van der Waals surface area contributed by atoms with Crippen molar-refractivity contribution in [2.75, 3.05) is 30.8 Å². The Hall–Kier alpha value is -3.80. The van der Waals surface area contributed by atoms with Gasteiger partial charge in [-0.25, -0.2) is 0 Å². The van der Waals surface area contributed by atoms with Crippen LogP contribution in [0.15, 0.2) is 78.9 Å². The second-order valence-corrected chi connectivity index (χ2v) is 8.92. The number of hydrogen-bond donors (Lipinski definition) is 2. The molecule has 2 amide bonds. The normalized spacial score (nSPS) is 10.5. The molecule has 0 unspecified atom stereocenters. The van der Waals surface area contributed by atoms with Gasteiger partial charge in [-0.05, 0) is 42.3 Å². The summed E-state index contributed by atoms with van der Waals surface area (Å²) in [5.41, 5.74) is 2.99. The fourth-order valence-electron chi connectivity index (χ4n) is 3.86. The van der Waals surface area contributed by atoms with Gasteiger partial charge in [0.25, 0.3) is 5.91 Å². The first-order valence-corrected chi connectivity index (χ1v) is 12.7. The Bertz CT molecular complexity index is 1100. The number of amides is 2. The van der Waals surface area contributed by atoms with E-state index in [4.69, 9.17) is 4.74 Å². The maximum Gasteiger partial charge on any atom is 0.253 e. The van der Waals surface area contributed by atoms with E-state index in [1.54, 1.807) is 36.2 Å². The fourth-order valence-corrected chi connectivity index (χ4v) is 3.86. The zero-order chi connectivity index (χ0) is 25.6. The predicted octanol–water partition coefficient (Wildman–Crippen LogP) is 6.36. The van der Waals surface area contributed by atoms with Crippen LogP contribution in [-0.4, -0.2) is 36.9 Å². The average molecular weight is 488 g/mol. The summed E-state index contributed by atoms with van der Waals surface area (Å²) in [7, 11) is 1.77. The van der Waals surface area contributed by atoms with Gasteiger partial charge in [0.15, 0.2) is 0 Å². The summed E-state index contributed by atoms with van der Waals surface area (Å²) < 4.78 is 5.85. The van der Waals surface area contributed by atoms with E-state index < -0.39 is 0 Å². The van der Waals surface area contributed by atoms with Crippen molar-refractivity contribution in [3.63, 3.8) is 0 Å². The Kier molecular flexibility index (Phi) is 10.8. The van der Waals surface area contributed by atoms with Crippen molar-refractivity contribution in [1.82, 2.24) is 4.90 Å². The number of ether oxygens (including phenoxy) is 1. The van der Waals surface area contributed by atoms with Crippen LogP contribution in [0.25, 0.3) is 0 Å². The number of unbranched alkanes of at least 4 members (excludes halogenated alkanes) is 4. The highest BCUT2D eigenvalue weighted by Gasteiger charge is 2.13. The Labute approximate surface area is 214 Å². The molecule has 6 nitrogen and oxygen atoms in total. The molecule has 0 bridgehead atoms. The van der Waals surface area contributed by atoms with Crippen LogP contribution < -0.4 is 15.4 Å². The molecule has 0 aliphatic carbocycles. The van der Waals surface area contributed by atoms with E-state index in [0.29, 0.717) is 24.4 Å². The molecular weight excluding hydrogens is 450 g/mol. The van der Waals surface area contributed by atoms with E-state index in [2.05, 4.69) is 17.6 Å². The summed E-state index contributed by atoms with van der Waals surface area (Å²) in [6, 6.07) is 24.5. The number of carbonyl (C=O) groups is 2. The van der Waals surface area contributed by atoms with Crippen LogP contribution in [0.5, 0.6) is 5.75 Å². The first-order valence-electron chi connectivity index (χ1n) is 12.7. The summed E-state index contributed by atoms with van der Waals surface area (Å²) >= 11 is 0. The molecule has 0 aromatic heterocycles. The number of carbonyl (C=O) groups excluding carboxylic acids is 2. The van der Waals surface area contributed by atoms with E-state index in [9.17, 15) is 9.59 Å². The van der Waals surface area contributed by atoms with Crippen molar-refractivity contribution in [1.29, 1.82) is 0 Å². The molecule has 3 rings (SSSR count). The first kappa shape index (κ1) is 26.8. The van der Waals surface area contributed by atoms with E-state index >= 15 is 0 Å². The first-order chi connectivity index (χ1) is 17.5. The van der Waals surface area contributed by atoms with Gasteiger partial charge in [0, 0.05) is 36.6 Å². The molecule has 2 N–H and O–H groups in total. The van der Waals surface area contributed by atoms with E-state index in [0.717, 1.165) is 23.4 Å². The summed E-state index contributed by atoms with van der Waals surface area (Å²) in [5, 5.41) is 6.00. The summed E-state index contributed by atoms with van der Waals surface area (Å²) in [4.78, 5) is 27.0. The second-order valence-electron chi connectivity index (χ2n) is 8.92. The minimum absolute atomic E-state index is 0.102. The second kappa shape index (κ2) is 14.6. The largest absolute Gasteiger partial charge is 0.494 e. The summed E-state index contributed by atoms with van der Waals surface area (Å²) in [6.45, 7) is 3.53. The molecule has 6 heteroatoms. The SMILES string of the molecule is CCCCCCCOc1cccc(NCC(=O)Nc2cccc(C(=O)N(C)Cc3ccccc3)c2)c1. The van der Waals surface area contributed by atoms with Crippen molar-refractivity contribution in [3.05, 3.63) is 90.0 Å². The zero-order valence-corrected chi connectivity index (χ0v) is 21.3. The zero-order valence-electron chi connectivity index (χ0n) is 21.3. The number of benzene rings is 3. The number of rotatable bonds is 14. The average Bonchev–Trinajstić information content (AvgIpc) is 2.90. The monoisotopic (exact) mass is 487 g/mol. The van der Waals surface area contributed by atoms with Crippen LogP contribution in [-0.2, 0) is 11.3 Å². The fraction of sp³-hybridized carbons (Fsp3) is 0.333. The summed E-state index contributed by atoms with van der Waals surface area (Å²) in [6.07, 6.45) is 5.98. The van der Waals surface area contributed by atoms with E-state index in [1.807, 2.05) is 54.6 Å². The quantitative estimate of drug-likeness (QED) is 0.260. The third-order valence-electron chi connectivity index (χ3n) is 5.81. The van der Waals surface area contributed by atoms with Gasteiger partial charge in [-0.1, -0.05) is 75.1 Å². The third kappa shape index (κ3) is 9.10. The minimum Gasteiger partial charge on any atom is -0.494 e. The van der Waals surface area contributed by atoms with Crippen LogP contribution in [0.2, 0.25) is 0 Å². The van der Waals surface area contributed by atoms with Crippen molar-refractivity contribution in [2.45, 2.75) is 45.6 Å². The standard InChI is InChI=1S/C30H37N3O3/c1-3-4-5-6-10-19-36-28-18-12-16-26(21-28)31-22-29(34)32-27-17-11-15-25(20-27)30(35)33(2)23-24-13-8-7-9-14-24/h7-9,11-18,20-21,31H,3-6,10,19,22-23H2,1-2H3,(H,32,34). The Morgan fingerprint density at radius 2 is 1.58 bits per heavy atom. The van der Waals surface area contributed by atoms with Gasteiger partial charge in [-0.3, -0.25) is 9.59 Å². The van der Waals surface area contributed by atoms with E-state index in [-0.39, 0.29) is 18.4 Å². The van der Waals surface area contributed by atoms with Crippen molar-refractivity contribution < 1.29 is 14.3 Å². The Morgan fingerprint density at radius 1 is 0.833 bits per heavy atom. The van der Waals surface area contributed by atoms with Crippen molar-refractivity contribution >= 4 is 23.2 Å². The maximum atomic E-state index is 12.9. The van der Waals surface area contributed by atoms with Gasteiger partial charge >= 0.3 is 0 Å². The highest BCUT2D eigenvalue weighted by Crippen LogP contribution is 2.18. The Balaban J connectivity index is 1.46. The van der Waals surface area contributed by atoms with E-state index in [1.165, 1.54) is 25.7 Å². The van der Waals surface area contributed by atoms with Crippen molar-refractivity contribution in [3.8, 4) is 5.75 Å². The highest BCUT2D eigenvalue weighted by molar-refractivity contribution is 5.98. The van der Waals surface area contributed by atoms with Gasteiger partial charge < -0.3 is 20.3 Å². The van der Waals surface area contributed by atoms with Gasteiger partial charge in [-0.2, -0.15) is 0 Å².